The zero-order valence-electron chi connectivity index (χ0n) is 11.2. The molecule has 0 aliphatic heterocycles. The molecular formula is C18H14O2. The van der Waals surface area contributed by atoms with Crippen molar-refractivity contribution < 1.29 is 9.53 Å². The number of fused-ring (bicyclic) bond motifs is 2. The van der Waals surface area contributed by atoms with Crippen molar-refractivity contribution in [1.29, 1.82) is 0 Å². The Labute approximate surface area is 117 Å². The number of carbonyl (C=O) groups is 1. The predicted molar refractivity (Wildman–Crippen MR) is 82.5 cm³/mol. The average Bonchev–Trinajstić information content (AvgIpc) is 2.50. The first-order valence-corrected chi connectivity index (χ1v) is 6.45. The molecule has 0 aromatic heterocycles. The molecule has 3 rings (SSSR count). The summed E-state index contributed by atoms with van der Waals surface area (Å²) in [5, 5.41) is 4.81. The van der Waals surface area contributed by atoms with Gasteiger partial charge in [-0.05, 0) is 51.4 Å². The van der Waals surface area contributed by atoms with E-state index in [2.05, 4.69) is 41.1 Å². The maximum atomic E-state index is 11.1. The van der Waals surface area contributed by atoms with Gasteiger partial charge in [0.25, 0.3) is 0 Å². The van der Waals surface area contributed by atoms with Crippen molar-refractivity contribution in [3.05, 3.63) is 66.2 Å². The molecule has 0 amide bonds. The van der Waals surface area contributed by atoms with Crippen LogP contribution in [-0.4, -0.2) is 13.1 Å². The molecule has 0 saturated carbocycles. The van der Waals surface area contributed by atoms with Gasteiger partial charge in [0.15, 0.2) is 0 Å². The Balaban J connectivity index is 2.08. The van der Waals surface area contributed by atoms with Crippen LogP contribution in [0.4, 0.5) is 0 Å². The molecular weight excluding hydrogens is 248 g/mol. The number of rotatable bonds is 2. The third kappa shape index (κ3) is 2.41. The Bertz CT molecular complexity index is 816. The number of benzene rings is 3. The predicted octanol–water partition coefficient (Wildman–Crippen LogP) is 4.18. The molecule has 2 heteroatoms. The number of esters is 1. The van der Waals surface area contributed by atoms with E-state index in [9.17, 15) is 4.79 Å². The van der Waals surface area contributed by atoms with E-state index in [0.29, 0.717) is 0 Å². The van der Waals surface area contributed by atoms with Crippen LogP contribution >= 0.6 is 0 Å². The molecule has 2 nitrogen and oxygen atoms in total. The van der Waals surface area contributed by atoms with E-state index < -0.39 is 0 Å². The molecule has 0 atom stereocenters. The average molecular weight is 262 g/mol. The topological polar surface area (TPSA) is 26.3 Å². The lowest BCUT2D eigenvalue weighted by Gasteiger charge is -2.03. The zero-order chi connectivity index (χ0) is 13.9. The van der Waals surface area contributed by atoms with Gasteiger partial charge in [0.05, 0.1) is 7.11 Å². The van der Waals surface area contributed by atoms with Gasteiger partial charge in [-0.3, -0.25) is 0 Å². The number of ether oxygens (including phenoxy) is 1. The Kier molecular flexibility index (Phi) is 3.21. The molecule has 0 radical (unpaired) electrons. The number of hydrogen-bond donors (Lipinski definition) is 0. The van der Waals surface area contributed by atoms with E-state index in [1.807, 2.05) is 18.2 Å². The lowest BCUT2D eigenvalue weighted by molar-refractivity contribution is -0.134. The highest BCUT2D eigenvalue weighted by Gasteiger charge is 1.99. The van der Waals surface area contributed by atoms with Gasteiger partial charge in [0, 0.05) is 6.08 Å². The van der Waals surface area contributed by atoms with Crippen molar-refractivity contribution in [3.63, 3.8) is 0 Å². The summed E-state index contributed by atoms with van der Waals surface area (Å²) < 4.78 is 4.59. The quantitative estimate of drug-likeness (QED) is 0.393. The minimum absolute atomic E-state index is 0.344. The molecule has 0 aliphatic carbocycles. The van der Waals surface area contributed by atoms with Crippen molar-refractivity contribution in [3.8, 4) is 0 Å². The molecule has 98 valence electrons. The fourth-order valence-corrected chi connectivity index (χ4v) is 2.29. The minimum Gasteiger partial charge on any atom is -0.466 e. The molecule has 0 fully saturated rings. The molecule has 0 bridgehead atoms. The maximum absolute atomic E-state index is 11.1. The van der Waals surface area contributed by atoms with Crippen LogP contribution in [0.5, 0.6) is 0 Å². The summed E-state index contributed by atoms with van der Waals surface area (Å²) in [7, 11) is 1.37. The molecule has 20 heavy (non-hydrogen) atoms. The second-order valence-corrected chi connectivity index (χ2v) is 4.66. The van der Waals surface area contributed by atoms with Crippen LogP contribution in [0, 0.1) is 0 Å². The van der Waals surface area contributed by atoms with Crippen molar-refractivity contribution in [2.75, 3.05) is 7.11 Å². The van der Waals surface area contributed by atoms with Gasteiger partial charge in [-0.15, -0.1) is 0 Å². The van der Waals surface area contributed by atoms with Crippen molar-refractivity contribution in [2.45, 2.75) is 0 Å². The monoisotopic (exact) mass is 262 g/mol. The smallest absolute Gasteiger partial charge is 0.330 e. The summed E-state index contributed by atoms with van der Waals surface area (Å²) >= 11 is 0. The summed E-state index contributed by atoms with van der Waals surface area (Å²) in [5.41, 5.74) is 0.984. The van der Waals surface area contributed by atoms with Gasteiger partial charge in [0.2, 0.25) is 0 Å². The maximum Gasteiger partial charge on any atom is 0.330 e. The van der Waals surface area contributed by atoms with Crippen LogP contribution in [-0.2, 0) is 9.53 Å². The Morgan fingerprint density at radius 3 is 2.25 bits per heavy atom. The normalized spacial score (nSPS) is 11.2. The Morgan fingerprint density at radius 1 is 0.900 bits per heavy atom. The second kappa shape index (κ2) is 5.17. The minimum atomic E-state index is -0.344. The first kappa shape index (κ1) is 12.4. The number of methoxy groups -OCH3 is 1. The van der Waals surface area contributed by atoms with E-state index >= 15 is 0 Å². The summed E-state index contributed by atoms with van der Waals surface area (Å²) in [4.78, 5) is 11.1. The molecule has 0 heterocycles. The summed E-state index contributed by atoms with van der Waals surface area (Å²) in [6.45, 7) is 0. The summed E-state index contributed by atoms with van der Waals surface area (Å²) in [5.74, 6) is -0.344. The fourth-order valence-electron chi connectivity index (χ4n) is 2.29. The van der Waals surface area contributed by atoms with Gasteiger partial charge >= 0.3 is 5.97 Å². The molecule has 0 unspecified atom stereocenters. The highest BCUT2D eigenvalue weighted by Crippen LogP contribution is 2.24. The van der Waals surface area contributed by atoms with Crippen molar-refractivity contribution >= 4 is 33.6 Å². The standard InChI is InChI=1S/C18H14O2/c1-20-18(19)9-7-13-6-8-16-11-14-4-2-3-5-15(14)12-17(16)10-13/h2-12H,1H3/b9-7-. The lowest BCUT2D eigenvalue weighted by Crippen LogP contribution is -1.93. The molecule has 0 spiro atoms. The van der Waals surface area contributed by atoms with E-state index in [4.69, 9.17) is 0 Å². The molecule has 0 saturated heterocycles. The summed E-state index contributed by atoms with van der Waals surface area (Å²) in [6.07, 6.45) is 3.20. The van der Waals surface area contributed by atoms with E-state index in [1.54, 1.807) is 6.08 Å². The SMILES string of the molecule is COC(=O)/C=C\c1ccc2cc3ccccc3cc2c1. The van der Waals surface area contributed by atoms with Crippen molar-refractivity contribution in [2.24, 2.45) is 0 Å². The van der Waals surface area contributed by atoms with Crippen LogP contribution in [0.25, 0.3) is 27.6 Å². The number of hydrogen-bond acceptors (Lipinski definition) is 2. The highest BCUT2D eigenvalue weighted by molar-refractivity contribution is 5.99. The van der Waals surface area contributed by atoms with Gasteiger partial charge in [-0.2, -0.15) is 0 Å². The summed E-state index contributed by atoms with van der Waals surface area (Å²) in [6, 6.07) is 18.8. The largest absolute Gasteiger partial charge is 0.466 e. The number of carbonyl (C=O) groups excluding carboxylic acids is 1. The molecule has 0 aliphatic rings. The zero-order valence-corrected chi connectivity index (χ0v) is 11.2. The molecule has 3 aromatic rings. The molecule has 3 aromatic carbocycles. The first-order chi connectivity index (χ1) is 9.76. The highest BCUT2D eigenvalue weighted by atomic mass is 16.5. The van der Waals surface area contributed by atoms with Crippen LogP contribution in [0.1, 0.15) is 5.56 Å². The van der Waals surface area contributed by atoms with Crippen LogP contribution in [0.3, 0.4) is 0 Å². The third-order valence-electron chi connectivity index (χ3n) is 3.34. The van der Waals surface area contributed by atoms with Crippen LogP contribution < -0.4 is 0 Å². The first-order valence-electron chi connectivity index (χ1n) is 6.45. The van der Waals surface area contributed by atoms with Gasteiger partial charge in [0.1, 0.15) is 0 Å². The van der Waals surface area contributed by atoms with E-state index in [1.165, 1.54) is 29.3 Å². The van der Waals surface area contributed by atoms with Gasteiger partial charge in [-0.1, -0.05) is 36.4 Å². The van der Waals surface area contributed by atoms with E-state index in [0.717, 1.165) is 10.9 Å². The van der Waals surface area contributed by atoms with E-state index in [-0.39, 0.29) is 5.97 Å². The van der Waals surface area contributed by atoms with Gasteiger partial charge < -0.3 is 4.74 Å². The van der Waals surface area contributed by atoms with Crippen LogP contribution in [0.15, 0.2) is 60.7 Å². The van der Waals surface area contributed by atoms with Gasteiger partial charge in [-0.25, -0.2) is 4.79 Å². The second-order valence-electron chi connectivity index (χ2n) is 4.66. The molecule has 0 N–H and O–H groups in total. The Morgan fingerprint density at radius 2 is 1.55 bits per heavy atom. The third-order valence-corrected chi connectivity index (χ3v) is 3.34. The van der Waals surface area contributed by atoms with Crippen molar-refractivity contribution in [1.82, 2.24) is 0 Å². The Hall–Kier alpha value is -2.61. The lowest BCUT2D eigenvalue weighted by atomic mass is 10.0. The van der Waals surface area contributed by atoms with Crippen LogP contribution in [0.2, 0.25) is 0 Å². The fraction of sp³-hybridized carbons (Fsp3) is 0.0556.